The number of piperazine rings is 1. The minimum absolute atomic E-state index is 0.114. The van der Waals surface area contributed by atoms with Gasteiger partial charge in [0.2, 0.25) is 0 Å². The van der Waals surface area contributed by atoms with E-state index in [-0.39, 0.29) is 29.8 Å². The molecule has 1 fully saturated rings. The van der Waals surface area contributed by atoms with Crippen molar-refractivity contribution in [2.75, 3.05) is 44.7 Å². The number of hydrogen-bond donors (Lipinski definition) is 2. The van der Waals surface area contributed by atoms with E-state index in [0.717, 1.165) is 78.1 Å². The summed E-state index contributed by atoms with van der Waals surface area (Å²) in [6, 6.07) is 11.9. The molecule has 0 atom stereocenters. The van der Waals surface area contributed by atoms with Crippen molar-refractivity contribution in [2.24, 2.45) is 0 Å². The number of imide groups is 1. The number of anilines is 1. The van der Waals surface area contributed by atoms with Gasteiger partial charge in [-0.15, -0.1) is 0 Å². The fraction of sp³-hybridized carbons (Fsp3) is 0.361. The second kappa shape index (κ2) is 13.8. The topological polar surface area (TPSA) is 124 Å². The second-order valence-corrected chi connectivity index (χ2v) is 12.4. The summed E-state index contributed by atoms with van der Waals surface area (Å²) in [5.74, 6) is 0.0561. The van der Waals surface area contributed by atoms with Crippen LogP contribution in [-0.4, -0.2) is 81.8 Å². The van der Waals surface area contributed by atoms with Crippen LogP contribution in [0.3, 0.4) is 0 Å². The van der Waals surface area contributed by atoms with Gasteiger partial charge in [0, 0.05) is 104 Å². The van der Waals surface area contributed by atoms with E-state index in [2.05, 4.69) is 40.1 Å². The fourth-order valence-corrected chi connectivity index (χ4v) is 6.41. The molecule has 47 heavy (non-hydrogen) atoms. The summed E-state index contributed by atoms with van der Waals surface area (Å²) in [5, 5.41) is 3.79. The highest BCUT2D eigenvalue weighted by molar-refractivity contribution is 6.13. The monoisotopic (exact) mass is 635 g/mol. The number of nitrogens with zero attached hydrogens (tertiary/aromatic N) is 5. The summed E-state index contributed by atoms with van der Waals surface area (Å²) in [5.41, 5.74) is 5.19. The Kier molecular flexibility index (Phi) is 9.35. The number of rotatable bonds is 11. The van der Waals surface area contributed by atoms with Gasteiger partial charge in [-0.3, -0.25) is 24.1 Å². The van der Waals surface area contributed by atoms with E-state index >= 15 is 0 Å². The molecule has 0 spiro atoms. The molecular formula is C36H41N7O4. The van der Waals surface area contributed by atoms with Gasteiger partial charge in [-0.25, -0.2) is 4.98 Å². The molecule has 4 aromatic rings. The number of carbonyl (C=O) groups is 3. The molecule has 3 amide bonds. The van der Waals surface area contributed by atoms with Gasteiger partial charge in [0.15, 0.2) is 0 Å². The van der Waals surface area contributed by atoms with E-state index in [1.54, 1.807) is 0 Å². The summed E-state index contributed by atoms with van der Waals surface area (Å²) in [6.45, 7) is 8.70. The maximum Gasteiger partial charge on any atom is 0.253 e. The van der Waals surface area contributed by atoms with Crippen molar-refractivity contribution >= 4 is 34.4 Å². The van der Waals surface area contributed by atoms with Gasteiger partial charge >= 0.3 is 0 Å². The largest absolute Gasteiger partial charge is 0.354 e. The highest BCUT2D eigenvalue weighted by Gasteiger charge is 2.23. The summed E-state index contributed by atoms with van der Waals surface area (Å²) in [6.07, 6.45) is 8.57. The molecule has 2 aliphatic heterocycles. The number of carbonyl (C=O) groups excluding carboxylic acids is 3. The van der Waals surface area contributed by atoms with E-state index < -0.39 is 0 Å². The number of likely N-dealkylation sites (N-methyl/N-ethyl adjacent to an activating group) is 1. The van der Waals surface area contributed by atoms with Crippen LogP contribution in [0.4, 0.5) is 5.82 Å². The predicted octanol–water partition coefficient (Wildman–Crippen LogP) is 3.65. The van der Waals surface area contributed by atoms with Crippen LogP contribution in [0.2, 0.25) is 0 Å². The van der Waals surface area contributed by atoms with Gasteiger partial charge in [0.05, 0.1) is 0 Å². The summed E-state index contributed by atoms with van der Waals surface area (Å²) >= 11 is 0. The first kappa shape index (κ1) is 31.9. The number of aryl methyl sites for hydroxylation is 3. The maximum atomic E-state index is 13.9. The molecule has 5 heterocycles. The highest BCUT2D eigenvalue weighted by atomic mass is 16.2. The number of pyridine rings is 2. The lowest BCUT2D eigenvalue weighted by molar-refractivity contribution is -0.136. The minimum atomic E-state index is -0.296. The number of nitrogens with one attached hydrogen (secondary N) is 2. The summed E-state index contributed by atoms with van der Waals surface area (Å²) in [4.78, 5) is 64.3. The standard InChI is InChI=1S/C36H41N7O4/c1-4-6-25-19-24(2)39-36(47)30(25)23-38-35(46)29-20-27(26-7-8-32(37-22-26)42-17-15-40(3)16-18-42)21-31-28(29)11-14-41(31)12-5-13-43-33(44)9-10-34(43)45/h7-11,14,19-22H,4-6,12-13,15-18,23H2,1-3H3,(H,38,46)(H,39,47). The molecule has 1 aromatic carbocycles. The zero-order valence-corrected chi connectivity index (χ0v) is 27.2. The fourth-order valence-electron chi connectivity index (χ4n) is 6.41. The number of H-pyrrole nitrogens is 1. The van der Waals surface area contributed by atoms with Crippen LogP contribution in [0.5, 0.6) is 0 Å². The number of aromatic amines is 1. The quantitative estimate of drug-likeness (QED) is 0.241. The first-order valence-electron chi connectivity index (χ1n) is 16.3. The van der Waals surface area contributed by atoms with Crippen molar-refractivity contribution in [3.05, 3.63) is 93.7 Å². The molecule has 2 N–H and O–H groups in total. The van der Waals surface area contributed by atoms with Crippen molar-refractivity contribution in [3.8, 4) is 11.1 Å². The first-order valence-corrected chi connectivity index (χ1v) is 16.3. The molecule has 0 aliphatic carbocycles. The second-order valence-electron chi connectivity index (χ2n) is 12.4. The van der Waals surface area contributed by atoms with Gasteiger partial charge in [-0.2, -0.15) is 0 Å². The van der Waals surface area contributed by atoms with E-state index in [9.17, 15) is 19.2 Å². The first-order chi connectivity index (χ1) is 22.7. The van der Waals surface area contributed by atoms with Crippen molar-refractivity contribution in [1.29, 1.82) is 0 Å². The van der Waals surface area contributed by atoms with E-state index in [1.165, 1.54) is 17.1 Å². The Morgan fingerprint density at radius 3 is 2.43 bits per heavy atom. The number of hydrogen-bond acceptors (Lipinski definition) is 7. The highest BCUT2D eigenvalue weighted by Crippen LogP contribution is 2.30. The Morgan fingerprint density at radius 2 is 1.72 bits per heavy atom. The SMILES string of the molecule is CCCc1cc(C)[nH]c(=O)c1CNC(=O)c1cc(-c2ccc(N3CCN(C)CC3)nc2)cc2c1ccn2CCCN1C(=O)C=CC1=O. The third-order valence-corrected chi connectivity index (χ3v) is 9.03. The average Bonchev–Trinajstić information content (AvgIpc) is 3.62. The number of fused-ring (bicyclic) bond motifs is 1. The molecule has 6 rings (SSSR count). The number of aromatic nitrogens is 3. The van der Waals surface area contributed by atoms with Crippen LogP contribution in [-0.2, 0) is 29.1 Å². The van der Waals surface area contributed by atoms with Crippen LogP contribution in [0.1, 0.15) is 46.9 Å². The summed E-state index contributed by atoms with van der Waals surface area (Å²) < 4.78 is 2.05. The molecule has 0 unspecified atom stereocenters. The zero-order valence-electron chi connectivity index (χ0n) is 27.2. The Labute approximate surface area is 273 Å². The van der Waals surface area contributed by atoms with Crippen LogP contribution < -0.4 is 15.8 Å². The molecule has 0 saturated carbocycles. The molecule has 1 saturated heterocycles. The third kappa shape index (κ3) is 6.90. The molecule has 2 aliphatic rings. The smallest absolute Gasteiger partial charge is 0.253 e. The van der Waals surface area contributed by atoms with E-state index in [0.29, 0.717) is 30.6 Å². The van der Waals surface area contributed by atoms with Gasteiger partial charge in [-0.1, -0.05) is 13.3 Å². The van der Waals surface area contributed by atoms with Crippen molar-refractivity contribution < 1.29 is 14.4 Å². The Bertz CT molecular complexity index is 1880. The van der Waals surface area contributed by atoms with Gasteiger partial charge in [-0.05, 0) is 74.3 Å². The molecule has 0 radical (unpaired) electrons. The maximum absolute atomic E-state index is 13.9. The normalized spacial score (nSPS) is 15.3. The summed E-state index contributed by atoms with van der Waals surface area (Å²) in [7, 11) is 2.12. The molecular weight excluding hydrogens is 594 g/mol. The van der Waals surface area contributed by atoms with Crippen LogP contribution in [0.25, 0.3) is 22.0 Å². The minimum Gasteiger partial charge on any atom is -0.354 e. The molecule has 11 heteroatoms. The van der Waals surface area contributed by atoms with E-state index in [1.807, 2.05) is 54.2 Å². The van der Waals surface area contributed by atoms with Crippen molar-refractivity contribution in [3.63, 3.8) is 0 Å². The molecule has 3 aromatic heterocycles. The molecule has 11 nitrogen and oxygen atoms in total. The van der Waals surface area contributed by atoms with Crippen LogP contribution in [0.15, 0.2) is 65.7 Å². The average molecular weight is 636 g/mol. The number of benzene rings is 1. The zero-order chi connectivity index (χ0) is 33.1. The van der Waals surface area contributed by atoms with Crippen molar-refractivity contribution in [2.45, 2.75) is 46.2 Å². The van der Waals surface area contributed by atoms with Crippen molar-refractivity contribution in [1.82, 2.24) is 29.7 Å². The molecule has 0 bridgehead atoms. The lowest BCUT2D eigenvalue weighted by Gasteiger charge is -2.33. The van der Waals surface area contributed by atoms with Crippen LogP contribution >= 0.6 is 0 Å². The Morgan fingerprint density at radius 1 is 0.957 bits per heavy atom. The van der Waals surface area contributed by atoms with Gasteiger partial charge in [0.1, 0.15) is 5.82 Å². The molecule has 244 valence electrons. The predicted molar refractivity (Wildman–Crippen MR) is 182 cm³/mol. The van der Waals surface area contributed by atoms with Gasteiger partial charge < -0.3 is 24.7 Å². The lowest BCUT2D eigenvalue weighted by Crippen LogP contribution is -2.44. The third-order valence-electron chi connectivity index (χ3n) is 9.03. The van der Waals surface area contributed by atoms with Gasteiger partial charge in [0.25, 0.3) is 23.3 Å². The Balaban J connectivity index is 1.30. The lowest BCUT2D eigenvalue weighted by atomic mass is 10.00. The number of amides is 3. The van der Waals surface area contributed by atoms with E-state index in [4.69, 9.17) is 4.98 Å². The van der Waals surface area contributed by atoms with Crippen LogP contribution in [0, 0.1) is 6.92 Å². The Hall–Kier alpha value is -5.03.